The third kappa shape index (κ3) is 5.86. The molecule has 1 aromatic heterocycles. The second kappa shape index (κ2) is 12.6. The van der Waals surface area contributed by atoms with Crippen LogP contribution in [0.15, 0.2) is 67.0 Å². The first-order valence-corrected chi connectivity index (χ1v) is 15.3. The molecule has 6 rings (SSSR count). The van der Waals surface area contributed by atoms with E-state index in [4.69, 9.17) is 4.74 Å². The molecule has 1 fully saturated rings. The number of likely N-dealkylation sites (tertiary alicyclic amines) is 1. The molecule has 0 unspecified atom stereocenters. The summed E-state index contributed by atoms with van der Waals surface area (Å²) in [7, 11) is 0. The fourth-order valence-electron chi connectivity index (χ4n) is 6.94. The number of ether oxygens (including phenoxy) is 1. The summed E-state index contributed by atoms with van der Waals surface area (Å²) in [6.07, 6.45) is 6.75. The smallest absolute Gasteiger partial charge is 0.308 e. The molecule has 1 saturated heterocycles. The minimum absolute atomic E-state index is 0.0196. The topological polar surface area (TPSA) is 103 Å². The van der Waals surface area contributed by atoms with Crippen molar-refractivity contribution >= 4 is 29.2 Å². The van der Waals surface area contributed by atoms with Crippen LogP contribution in [-0.2, 0) is 27.2 Å². The zero-order valence-corrected chi connectivity index (χ0v) is 24.5. The summed E-state index contributed by atoms with van der Waals surface area (Å²) in [4.78, 5) is 49.7. The van der Waals surface area contributed by atoms with Crippen LogP contribution in [0.4, 0.5) is 11.4 Å². The van der Waals surface area contributed by atoms with Crippen LogP contribution >= 0.6 is 0 Å². The van der Waals surface area contributed by atoms with Crippen molar-refractivity contribution in [3.8, 4) is 5.75 Å². The van der Waals surface area contributed by atoms with Gasteiger partial charge < -0.3 is 19.6 Å². The normalized spacial score (nSPS) is 21.0. The molecule has 0 bridgehead atoms. The summed E-state index contributed by atoms with van der Waals surface area (Å²) in [6.45, 7) is 4.19. The molecule has 4 heterocycles. The molecular formula is C34H38N4O5. The van der Waals surface area contributed by atoms with E-state index in [2.05, 4.69) is 18.0 Å². The fraction of sp³-hybridized carbons (Fsp3) is 0.412. The molecule has 3 aliphatic heterocycles. The number of carboxylic acids is 1. The first-order valence-electron chi connectivity index (χ1n) is 15.3. The number of benzene rings is 2. The molecule has 9 heteroatoms. The van der Waals surface area contributed by atoms with Crippen LogP contribution in [0.5, 0.6) is 5.75 Å². The summed E-state index contributed by atoms with van der Waals surface area (Å²) in [6, 6.07) is 17.0. The molecule has 3 atom stereocenters. The highest BCUT2D eigenvalue weighted by Gasteiger charge is 2.47. The zero-order valence-electron chi connectivity index (χ0n) is 24.5. The number of amides is 2. The molecule has 0 saturated carbocycles. The van der Waals surface area contributed by atoms with Crippen LogP contribution in [-0.4, -0.2) is 71.6 Å². The quantitative estimate of drug-likeness (QED) is 0.360. The maximum Gasteiger partial charge on any atom is 0.308 e. The monoisotopic (exact) mass is 582 g/mol. The number of hydrogen-bond donors (Lipinski definition) is 1. The minimum Gasteiger partial charge on any atom is -0.493 e. The highest BCUT2D eigenvalue weighted by atomic mass is 16.5. The molecule has 0 radical (unpaired) electrons. The van der Waals surface area contributed by atoms with Gasteiger partial charge in [0.1, 0.15) is 5.75 Å². The molecular weight excluding hydrogens is 544 g/mol. The molecule has 43 heavy (non-hydrogen) atoms. The predicted molar refractivity (Wildman–Crippen MR) is 163 cm³/mol. The van der Waals surface area contributed by atoms with Crippen molar-refractivity contribution in [3.05, 3.63) is 83.7 Å². The standard InChI is InChI=1S/C34H38N4O5/c1-2-3-15-37(26-8-6-14-35-20-26)32(40)22-36-21-27(23-10-11-30-25(18-23)13-17-43-30)33(34(41)42)29(36)12-16-38-28-9-5-4-7-24(28)19-31(38)39/h4-11,14,18,20,27,29,33H,2-3,12-13,15-17,19,21-22H2,1H3,(H,41,42)/t27-,29+,33-/m1/s1. The van der Waals surface area contributed by atoms with E-state index in [0.29, 0.717) is 39.1 Å². The van der Waals surface area contributed by atoms with Gasteiger partial charge in [0.15, 0.2) is 0 Å². The summed E-state index contributed by atoms with van der Waals surface area (Å²) >= 11 is 0. The van der Waals surface area contributed by atoms with Gasteiger partial charge in [0.05, 0.1) is 37.4 Å². The lowest BCUT2D eigenvalue weighted by atomic mass is 9.83. The van der Waals surface area contributed by atoms with Gasteiger partial charge in [-0.05, 0) is 53.8 Å². The minimum atomic E-state index is -0.884. The van der Waals surface area contributed by atoms with E-state index in [0.717, 1.165) is 53.1 Å². The lowest BCUT2D eigenvalue weighted by molar-refractivity contribution is -0.143. The van der Waals surface area contributed by atoms with Gasteiger partial charge in [0, 0.05) is 49.9 Å². The molecule has 224 valence electrons. The Balaban J connectivity index is 1.30. The van der Waals surface area contributed by atoms with E-state index < -0.39 is 17.9 Å². The molecule has 2 aromatic carbocycles. The molecule has 1 N–H and O–H groups in total. The van der Waals surface area contributed by atoms with Crippen LogP contribution in [0.25, 0.3) is 0 Å². The average molecular weight is 583 g/mol. The molecule has 0 aliphatic carbocycles. The van der Waals surface area contributed by atoms with Gasteiger partial charge >= 0.3 is 5.97 Å². The number of hydrogen-bond acceptors (Lipinski definition) is 6. The second-order valence-electron chi connectivity index (χ2n) is 11.7. The first kappa shape index (κ1) is 28.9. The van der Waals surface area contributed by atoms with E-state index in [1.807, 2.05) is 53.4 Å². The molecule has 3 aromatic rings. The van der Waals surface area contributed by atoms with Crippen LogP contribution in [0, 0.1) is 5.92 Å². The molecule has 2 amide bonds. The van der Waals surface area contributed by atoms with E-state index >= 15 is 0 Å². The van der Waals surface area contributed by atoms with Crippen molar-refractivity contribution < 1.29 is 24.2 Å². The van der Waals surface area contributed by atoms with Crippen LogP contribution in [0.3, 0.4) is 0 Å². The van der Waals surface area contributed by atoms with Gasteiger partial charge in [-0.25, -0.2) is 0 Å². The number of fused-ring (bicyclic) bond motifs is 2. The number of aromatic nitrogens is 1. The number of rotatable bonds is 11. The number of carboxylic acid groups (broad SMARTS) is 1. The second-order valence-corrected chi connectivity index (χ2v) is 11.7. The number of aliphatic carboxylic acids is 1. The number of pyridine rings is 1. The van der Waals surface area contributed by atoms with Gasteiger partial charge in [-0.1, -0.05) is 43.7 Å². The highest BCUT2D eigenvalue weighted by molar-refractivity contribution is 6.01. The van der Waals surface area contributed by atoms with E-state index in [9.17, 15) is 19.5 Å². The average Bonchev–Trinajstić information content (AvgIpc) is 3.71. The Kier molecular flexibility index (Phi) is 8.42. The first-order chi connectivity index (χ1) is 20.9. The summed E-state index contributed by atoms with van der Waals surface area (Å²) in [5, 5.41) is 10.6. The Morgan fingerprint density at radius 1 is 1.12 bits per heavy atom. The van der Waals surface area contributed by atoms with Crippen molar-refractivity contribution in [2.24, 2.45) is 5.92 Å². The van der Waals surface area contributed by atoms with Gasteiger partial charge in [-0.15, -0.1) is 0 Å². The third-order valence-electron chi connectivity index (χ3n) is 9.08. The van der Waals surface area contributed by atoms with E-state index in [1.165, 1.54) is 0 Å². The number of nitrogens with zero attached hydrogens (tertiary/aromatic N) is 4. The maximum absolute atomic E-state index is 13.9. The Labute approximate surface area is 252 Å². The third-order valence-corrected chi connectivity index (χ3v) is 9.08. The van der Waals surface area contributed by atoms with Crippen molar-refractivity contribution in [1.29, 1.82) is 0 Å². The zero-order chi connectivity index (χ0) is 29.9. The Morgan fingerprint density at radius 3 is 2.77 bits per heavy atom. The van der Waals surface area contributed by atoms with Gasteiger partial charge in [0.25, 0.3) is 0 Å². The Hall–Kier alpha value is -4.24. The number of carbonyl (C=O) groups is 3. The SMILES string of the molecule is CCCCN(C(=O)CN1C[C@H](c2ccc3c(c2)CCO3)[C@@H](C(=O)O)[C@@H]1CCN1C(=O)Cc2ccccc21)c1cccnc1. The summed E-state index contributed by atoms with van der Waals surface area (Å²) in [5.74, 6) is -1.13. The van der Waals surface area contributed by atoms with Crippen molar-refractivity contribution in [2.45, 2.75) is 51.0 Å². The van der Waals surface area contributed by atoms with Gasteiger partial charge in [-0.2, -0.15) is 0 Å². The van der Waals surface area contributed by atoms with Gasteiger partial charge in [-0.3, -0.25) is 24.3 Å². The Morgan fingerprint density at radius 2 is 1.98 bits per heavy atom. The molecule has 0 spiro atoms. The lowest BCUT2D eigenvalue weighted by Gasteiger charge is -2.31. The predicted octanol–water partition coefficient (Wildman–Crippen LogP) is 4.30. The van der Waals surface area contributed by atoms with Crippen molar-refractivity contribution in [1.82, 2.24) is 9.88 Å². The summed E-state index contributed by atoms with van der Waals surface area (Å²) < 4.78 is 5.70. The fourth-order valence-corrected chi connectivity index (χ4v) is 6.94. The number of carbonyl (C=O) groups excluding carboxylic acids is 2. The van der Waals surface area contributed by atoms with Crippen LogP contribution < -0.4 is 14.5 Å². The largest absolute Gasteiger partial charge is 0.493 e. The highest BCUT2D eigenvalue weighted by Crippen LogP contribution is 2.41. The number of anilines is 2. The Bertz CT molecular complexity index is 1500. The van der Waals surface area contributed by atoms with Gasteiger partial charge in [0.2, 0.25) is 11.8 Å². The number of para-hydroxylation sites is 1. The summed E-state index contributed by atoms with van der Waals surface area (Å²) in [5.41, 5.74) is 4.66. The molecule has 3 aliphatic rings. The lowest BCUT2D eigenvalue weighted by Crippen LogP contribution is -2.46. The maximum atomic E-state index is 13.9. The van der Waals surface area contributed by atoms with Crippen molar-refractivity contribution in [2.75, 3.05) is 42.6 Å². The van der Waals surface area contributed by atoms with E-state index in [-0.39, 0.29) is 24.3 Å². The van der Waals surface area contributed by atoms with Crippen molar-refractivity contribution in [3.63, 3.8) is 0 Å². The molecule has 9 nitrogen and oxygen atoms in total. The van der Waals surface area contributed by atoms with Crippen LogP contribution in [0.1, 0.15) is 48.8 Å². The number of unbranched alkanes of at least 4 members (excludes halogenated alkanes) is 1. The van der Waals surface area contributed by atoms with Crippen LogP contribution in [0.2, 0.25) is 0 Å². The van der Waals surface area contributed by atoms with E-state index in [1.54, 1.807) is 22.2 Å².